The fraction of sp³-hybridized carbons (Fsp3) is 1.00. The molecule has 0 heterocycles. The normalized spacial score (nSPS) is 13.6. The second-order valence-corrected chi connectivity index (χ2v) is 5.86. The van der Waals surface area contributed by atoms with Gasteiger partial charge in [-0.1, -0.05) is 0 Å². The molecule has 0 aliphatic carbocycles. The molecule has 0 spiro atoms. The van der Waals surface area contributed by atoms with Crippen LogP contribution in [0.1, 0.15) is 26.7 Å². The van der Waals surface area contributed by atoms with Crippen molar-refractivity contribution in [2.24, 2.45) is 0 Å². The fourth-order valence-corrected chi connectivity index (χ4v) is 1.11. The quantitative estimate of drug-likeness (QED) is 0.459. The topological polar surface area (TPSA) is 0 Å². The van der Waals surface area contributed by atoms with E-state index in [1.165, 1.54) is 13.0 Å². The van der Waals surface area contributed by atoms with Crippen LogP contribution < -0.4 is 0 Å². The minimum Gasteiger partial charge on any atom is -0.331 e. The molecule has 0 rings (SSSR count). The first-order chi connectivity index (χ1) is 4.71. The molecule has 2 heteroatoms. The molecule has 0 saturated heterocycles. The third-order valence-corrected chi connectivity index (χ3v) is 1.79. The monoisotopic (exact) mass is 178 g/mol. The van der Waals surface area contributed by atoms with Gasteiger partial charge < -0.3 is 4.48 Å². The first-order valence-electron chi connectivity index (χ1n) is 4.20. The van der Waals surface area contributed by atoms with Gasteiger partial charge in [-0.3, -0.25) is 0 Å². The summed E-state index contributed by atoms with van der Waals surface area (Å²) < 4.78 is 1.03. The molecule has 0 aliphatic rings. The number of hydrogen-bond acceptors (Lipinski definition) is 0. The maximum absolute atomic E-state index is 6.06. The highest BCUT2D eigenvalue weighted by Gasteiger charge is 2.15. The maximum Gasteiger partial charge on any atom is 0.0781 e. The third kappa shape index (κ3) is 10.2. The van der Waals surface area contributed by atoms with E-state index in [0.717, 1.165) is 10.9 Å². The lowest BCUT2D eigenvalue weighted by Crippen LogP contribution is -2.35. The van der Waals surface area contributed by atoms with E-state index in [0.29, 0.717) is 0 Å². The molecule has 0 radical (unpaired) electrons. The van der Waals surface area contributed by atoms with Crippen LogP contribution in [0.4, 0.5) is 0 Å². The Morgan fingerprint density at radius 1 is 1.18 bits per heavy atom. The van der Waals surface area contributed by atoms with Crippen molar-refractivity contribution < 1.29 is 4.48 Å². The van der Waals surface area contributed by atoms with Crippen LogP contribution in [-0.2, 0) is 0 Å². The van der Waals surface area contributed by atoms with Gasteiger partial charge >= 0.3 is 0 Å². The number of alkyl halides is 1. The summed E-state index contributed by atoms with van der Waals surface area (Å²) in [6, 6.07) is 0. The molecule has 0 unspecified atom stereocenters. The number of rotatable bonds is 4. The van der Waals surface area contributed by atoms with E-state index >= 15 is 0 Å². The van der Waals surface area contributed by atoms with Crippen molar-refractivity contribution in [2.45, 2.75) is 31.6 Å². The zero-order valence-electron chi connectivity index (χ0n) is 8.45. The molecule has 0 aliphatic heterocycles. The third-order valence-electron chi connectivity index (χ3n) is 1.60. The SMILES string of the molecule is CC(C)(Cl)CCC[N+](C)(C)C. The Morgan fingerprint density at radius 3 is 1.91 bits per heavy atom. The van der Waals surface area contributed by atoms with E-state index in [4.69, 9.17) is 11.6 Å². The van der Waals surface area contributed by atoms with Gasteiger partial charge in [0.1, 0.15) is 0 Å². The van der Waals surface area contributed by atoms with Crippen LogP contribution in [0.3, 0.4) is 0 Å². The van der Waals surface area contributed by atoms with Crippen molar-refractivity contribution in [1.82, 2.24) is 0 Å². The second kappa shape index (κ2) is 3.77. The molecule has 0 aromatic rings. The molecule has 1 nitrogen and oxygen atoms in total. The van der Waals surface area contributed by atoms with Gasteiger partial charge in [0.15, 0.2) is 0 Å². The minimum absolute atomic E-state index is 0.0187. The fourth-order valence-electron chi connectivity index (χ4n) is 0.974. The van der Waals surface area contributed by atoms with Gasteiger partial charge in [0.05, 0.1) is 27.7 Å². The Labute approximate surface area is 75.9 Å². The summed E-state index contributed by atoms with van der Waals surface area (Å²) in [5.41, 5.74) is 0. The summed E-state index contributed by atoms with van der Waals surface area (Å²) in [4.78, 5) is -0.0187. The van der Waals surface area contributed by atoms with Gasteiger partial charge in [-0.2, -0.15) is 0 Å². The maximum atomic E-state index is 6.06. The summed E-state index contributed by atoms with van der Waals surface area (Å²) >= 11 is 6.06. The highest BCUT2D eigenvalue weighted by molar-refractivity contribution is 6.23. The average Bonchev–Trinajstić information content (AvgIpc) is 1.55. The highest BCUT2D eigenvalue weighted by Crippen LogP contribution is 2.19. The van der Waals surface area contributed by atoms with Crippen LogP contribution in [0.5, 0.6) is 0 Å². The van der Waals surface area contributed by atoms with Crippen LogP contribution in [0.2, 0.25) is 0 Å². The highest BCUT2D eigenvalue weighted by atomic mass is 35.5. The van der Waals surface area contributed by atoms with E-state index in [-0.39, 0.29) is 4.87 Å². The number of halogens is 1. The van der Waals surface area contributed by atoms with E-state index in [2.05, 4.69) is 35.0 Å². The van der Waals surface area contributed by atoms with E-state index in [9.17, 15) is 0 Å². The minimum atomic E-state index is -0.0187. The van der Waals surface area contributed by atoms with Gasteiger partial charge in [-0.15, -0.1) is 11.6 Å². The predicted molar refractivity (Wildman–Crippen MR) is 52.1 cm³/mol. The van der Waals surface area contributed by atoms with Crippen molar-refractivity contribution >= 4 is 11.6 Å². The number of hydrogen-bond donors (Lipinski definition) is 0. The molecule has 0 atom stereocenters. The molecule has 0 bridgehead atoms. The Balaban J connectivity index is 3.44. The molecule has 0 saturated carbocycles. The summed E-state index contributed by atoms with van der Waals surface area (Å²) in [5, 5.41) is 0. The first kappa shape index (κ1) is 11.2. The van der Waals surface area contributed by atoms with Crippen LogP contribution in [-0.4, -0.2) is 37.0 Å². The van der Waals surface area contributed by atoms with E-state index < -0.39 is 0 Å². The predicted octanol–water partition coefficient (Wildman–Crippen LogP) is 2.49. The summed E-state index contributed by atoms with van der Waals surface area (Å²) in [7, 11) is 6.63. The molecule has 0 aromatic heterocycles. The van der Waals surface area contributed by atoms with E-state index in [1.807, 2.05) is 0 Å². The zero-order chi connectivity index (χ0) is 9.12. The van der Waals surface area contributed by atoms with Crippen molar-refractivity contribution in [1.29, 1.82) is 0 Å². The second-order valence-electron chi connectivity index (χ2n) is 4.84. The lowest BCUT2D eigenvalue weighted by atomic mass is 10.1. The molecule has 0 N–H and O–H groups in total. The largest absolute Gasteiger partial charge is 0.331 e. The average molecular weight is 179 g/mol. The van der Waals surface area contributed by atoms with Crippen molar-refractivity contribution in [2.75, 3.05) is 27.7 Å². The van der Waals surface area contributed by atoms with Gasteiger partial charge in [-0.05, 0) is 26.7 Å². The molecule has 11 heavy (non-hydrogen) atoms. The molecule has 0 amide bonds. The van der Waals surface area contributed by atoms with Crippen LogP contribution in [0.25, 0.3) is 0 Å². The Bertz CT molecular complexity index is 93.7. The van der Waals surface area contributed by atoms with E-state index in [1.54, 1.807) is 0 Å². The Morgan fingerprint density at radius 2 is 1.64 bits per heavy atom. The van der Waals surface area contributed by atoms with Crippen LogP contribution >= 0.6 is 11.6 Å². The molecule has 0 fully saturated rings. The summed E-state index contributed by atoms with van der Waals surface area (Å²) in [6.07, 6.45) is 2.31. The van der Waals surface area contributed by atoms with Gasteiger partial charge in [-0.25, -0.2) is 0 Å². The standard InChI is InChI=1S/C9H21ClN/c1-9(2,10)7-6-8-11(3,4)5/h6-8H2,1-5H3/q+1. The lowest BCUT2D eigenvalue weighted by Gasteiger charge is -2.25. The van der Waals surface area contributed by atoms with Gasteiger partial charge in [0, 0.05) is 4.87 Å². The Kier molecular flexibility index (Phi) is 3.86. The molecule has 0 aromatic carbocycles. The van der Waals surface area contributed by atoms with Crippen molar-refractivity contribution in [3.05, 3.63) is 0 Å². The molecular weight excluding hydrogens is 158 g/mol. The molecule has 68 valence electrons. The lowest BCUT2D eigenvalue weighted by molar-refractivity contribution is -0.870. The molecular formula is C9H21ClN+. The van der Waals surface area contributed by atoms with Crippen molar-refractivity contribution in [3.8, 4) is 0 Å². The van der Waals surface area contributed by atoms with Crippen LogP contribution in [0, 0.1) is 0 Å². The van der Waals surface area contributed by atoms with Gasteiger partial charge in [0.25, 0.3) is 0 Å². The zero-order valence-corrected chi connectivity index (χ0v) is 9.20. The number of quaternary nitrogens is 1. The van der Waals surface area contributed by atoms with Crippen molar-refractivity contribution in [3.63, 3.8) is 0 Å². The smallest absolute Gasteiger partial charge is 0.0781 e. The first-order valence-corrected chi connectivity index (χ1v) is 4.58. The Hall–Kier alpha value is 0.250. The van der Waals surface area contributed by atoms with Gasteiger partial charge in [0.2, 0.25) is 0 Å². The van der Waals surface area contributed by atoms with Crippen LogP contribution in [0.15, 0.2) is 0 Å². The number of nitrogens with zero attached hydrogens (tertiary/aromatic N) is 1. The summed E-state index contributed by atoms with van der Waals surface area (Å²) in [6.45, 7) is 5.35. The summed E-state index contributed by atoms with van der Waals surface area (Å²) in [5.74, 6) is 0.